The average Bonchev–Trinajstić information content (AvgIpc) is 2.38. The summed E-state index contributed by atoms with van der Waals surface area (Å²) in [5, 5.41) is 3.23. The first kappa shape index (κ1) is 11.5. The summed E-state index contributed by atoms with van der Waals surface area (Å²) in [5.41, 5.74) is 0.776. The van der Waals surface area contributed by atoms with E-state index in [9.17, 15) is 4.79 Å². The largest absolute Gasteiger partial charge is 0.347 e. The second kappa shape index (κ2) is 5.91. The lowest BCUT2D eigenvalue weighted by Gasteiger charge is -2.05. The van der Waals surface area contributed by atoms with Gasteiger partial charge in [-0.1, -0.05) is 6.07 Å². The van der Waals surface area contributed by atoms with Gasteiger partial charge in [0.2, 0.25) is 0 Å². The second-order valence-corrected chi connectivity index (χ2v) is 3.59. The summed E-state index contributed by atoms with van der Waals surface area (Å²) in [5.74, 6) is 0. The third-order valence-electron chi connectivity index (χ3n) is 2.34. The number of rotatable bonds is 5. The van der Waals surface area contributed by atoms with E-state index in [1.54, 1.807) is 23.0 Å². The molecule has 0 atom stereocenters. The highest BCUT2D eigenvalue weighted by molar-refractivity contribution is 5.02. The van der Waals surface area contributed by atoms with Crippen molar-refractivity contribution in [2.75, 3.05) is 6.54 Å². The smallest absolute Gasteiger partial charge is 0.309 e. The molecule has 0 spiro atoms. The van der Waals surface area contributed by atoms with Crippen molar-refractivity contribution in [3.63, 3.8) is 0 Å². The Labute approximate surface area is 99.2 Å². The SMILES string of the molecule is O=c1ncccn1CCNCc1ccccn1. The van der Waals surface area contributed by atoms with Gasteiger partial charge >= 0.3 is 5.69 Å². The molecule has 0 aromatic carbocycles. The molecule has 0 amide bonds. The van der Waals surface area contributed by atoms with Crippen molar-refractivity contribution in [3.8, 4) is 0 Å². The van der Waals surface area contributed by atoms with Crippen LogP contribution < -0.4 is 11.0 Å². The fourth-order valence-corrected chi connectivity index (χ4v) is 1.48. The lowest BCUT2D eigenvalue weighted by atomic mass is 10.3. The molecule has 0 aliphatic rings. The lowest BCUT2D eigenvalue weighted by Crippen LogP contribution is -2.27. The molecule has 0 radical (unpaired) electrons. The van der Waals surface area contributed by atoms with Crippen molar-refractivity contribution in [2.24, 2.45) is 0 Å². The predicted molar refractivity (Wildman–Crippen MR) is 64.4 cm³/mol. The Kier molecular flexibility index (Phi) is 3.99. The molecule has 88 valence electrons. The molecule has 0 fully saturated rings. The van der Waals surface area contributed by atoms with Gasteiger partial charge in [0, 0.05) is 38.2 Å². The van der Waals surface area contributed by atoms with Crippen molar-refractivity contribution in [1.29, 1.82) is 0 Å². The summed E-state index contributed by atoms with van der Waals surface area (Å²) >= 11 is 0. The lowest BCUT2D eigenvalue weighted by molar-refractivity contribution is 0.572. The minimum atomic E-state index is -0.216. The highest BCUT2D eigenvalue weighted by atomic mass is 16.1. The van der Waals surface area contributed by atoms with Crippen molar-refractivity contribution >= 4 is 0 Å². The zero-order valence-electron chi connectivity index (χ0n) is 9.41. The Bertz CT molecular complexity index is 509. The van der Waals surface area contributed by atoms with E-state index >= 15 is 0 Å². The number of nitrogens with zero attached hydrogens (tertiary/aromatic N) is 3. The van der Waals surface area contributed by atoms with Gasteiger partial charge in [-0.15, -0.1) is 0 Å². The van der Waals surface area contributed by atoms with E-state index in [4.69, 9.17) is 0 Å². The van der Waals surface area contributed by atoms with Crippen LogP contribution in [0.2, 0.25) is 0 Å². The molecule has 2 rings (SSSR count). The third kappa shape index (κ3) is 3.49. The van der Waals surface area contributed by atoms with Crippen LogP contribution in [0.1, 0.15) is 5.69 Å². The molecule has 2 aromatic heterocycles. The van der Waals surface area contributed by atoms with Crippen LogP contribution in [-0.4, -0.2) is 21.1 Å². The number of hydrogen-bond acceptors (Lipinski definition) is 4. The van der Waals surface area contributed by atoms with Gasteiger partial charge in [-0.2, -0.15) is 0 Å². The third-order valence-corrected chi connectivity index (χ3v) is 2.34. The Morgan fingerprint density at radius 2 is 2.06 bits per heavy atom. The van der Waals surface area contributed by atoms with Gasteiger partial charge in [0.15, 0.2) is 0 Å². The first-order valence-electron chi connectivity index (χ1n) is 5.48. The molecule has 0 saturated heterocycles. The van der Waals surface area contributed by atoms with Crippen LogP contribution >= 0.6 is 0 Å². The monoisotopic (exact) mass is 230 g/mol. The maximum Gasteiger partial charge on any atom is 0.347 e. The summed E-state index contributed by atoms with van der Waals surface area (Å²) in [4.78, 5) is 19.2. The molecular formula is C12H14N4O. The van der Waals surface area contributed by atoms with E-state index in [0.717, 1.165) is 5.69 Å². The van der Waals surface area contributed by atoms with Gasteiger partial charge in [-0.05, 0) is 18.2 Å². The van der Waals surface area contributed by atoms with Gasteiger partial charge in [-0.25, -0.2) is 9.78 Å². The summed E-state index contributed by atoms with van der Waals surface area (Å²) < 4.78 is 1.57. The van der Waals surface area contributed by atoms with E-state index in [1.165, 1.54) is 6.20 Å². The number of hydrogen-bond donors (Lipinski definition) is 1. The van der Waals surface area contributed by atoms with E-state index in [-0.39, 0.29) is 5.69 Å². The average molecular weight is 230 g/mol. The molecule has 1 N–H and O–H groups in total. The standard InChI is InChI=1S/C12H14N4O/c17-12-15-6-3-8-16(12)9-7-13-10-11-4-1-2-5-14-11/h1-6,8,13H,7,9-10H2. The minimum absolute atomic E-state index is 0.216. The van der Waals surface area contributed by atoms with Gasteiger partial charge in [0.05, 0.1) is 5.69 Å². The highest BCUT2D eigenvalue weighted by Gasteiger charge is 1.95. The molecule has 0 unspecified atom stereocenters. The van der Waals surface area contributed by atoms with Crippen LogP contribution in [-0.2, 0) is 13.1 Å². The highest BCUT2D eigenvalue weighted by Crippen LogP contribution is 1.91. The Hall–Kier alpha value is -2.01. The van der Waals surface area contributed by atoms with Crippen molar-refractivity contribution in [2.45, 2.75) is 13.1 Å². The molecule has 5 nitrogen and oxygen atoms in total. The molecule has 0 aliphatic carbocycles. The summed E-state index contributed by atoms with van der Waals surface area (Å²) in [7, 11) is 0. The molecule has 5 heteroatoms. The summed E-state index contributed by atoms with van der Waals surface area (Å²) in [6, 6.07) is 7.55. The van der Waals surface area contributed by atoms with Crippen molar-refractivity contribution in [3.05, 3.63) is 59.0 Å². The Balaban J connectivity index is 1.78. The van der Waals surface area contributed by atoms with E-state index in [2.05, 4.69) is 15.3 Å². The topological polar surface area (TPSA) is 59.8 Å². The van der Waals surface area contributed by atoms with Gasteiger partial charge in [0.1, 0.15) is 0 Å². The maximum absolute atomic E-state index is 11.3. The number of nitrogens with one attached hydrogen (secondary N) is 1. The predicted octanol–water partition coefficient (Wildman–Crippen LogP) is 0.428. The van der Waals surface area contributed by atoms with Crippen molar-refractivity contribution < 1.29 is 0 Å². The van der Waals surface area contributed by atoms with Crippen LogP contribution in [0.4, 0.5) is 0 Å². The fraction of sp³-hybridized carbons (Fsp3) is 0.250. The van der Waals surface area contributed by atoms with Crippen LogP contribution in [0.3, 0.4) is 0 Å². The van der Waals surface area contributed by atoms with Gasteiger partial charge in [-0.3, -0.25) is 9.55 Å². The fourth-order valence-electron chi connectivity index (χ4n) is 1.48. The van der Waals surface area contributed by atoms with Gasteiger partial charge in [0.25, 0.3) is 0 Å². The van der Waals surface area contributed by atoms with Crippen LogP contribution in [0.5, 0.6) is 0 Å². The van der Waals surface area contributed by atoms with Crippen LogP contribution in [0, 0.1) is 0 Å². The zero-order valence-corrected chi connectivity index (χ0v) is 9.41. The first-order chi connectivity index (χ1) is 8.36. The zero-order chi connectivity index (χ0) is 11.9. The van der Waals surface area contributed by atoms with Crippen LogP contribution in [0.15, 0.2) is 47.7 Å². The quantitative estimate of drug-likeness (QED) is 0.757. The first-order valence-corrected chi connectivity index (χ1v) is 5.48. The second-order valence-electron chi connectivity index (χ2n) is 3.59. The maximum atomic E-state index is 11.3. The molecule has 0 bridgehead atoms. The normalized spacial score (nSPS) is 10.4. The molecule has 2 heterocycles. The molecule has 17 heavy (non-hydrogen) atoms. The molecule has 0 saturated carbocycles. The van der Waals surface area contributed by atoms with E-state index in [1.807, 2.05) is 18.2 Å². The van der Waals surface area contributed by atoms with Crippen molar-refractivity contribution in [1.82, 2.24) is 19.9 Å². The Morgan fingerprint density at radius 3 is 2.82 bits per heavy atom. The number of aromatic nitrogens is 3. The number of pyridine rings is 1. The van der Waals surface area contributed by atoms with E-state index < -0.39 is 0 Å². The molecule has 2 aromatic rings. The van der Waals surface area contributed by atoms with Gasteiger partial charge < -0.3 is 5.32 Å². The Morgan fingerprint density at radius 1 is 1.18 bits per heavy atom. The van der Waals surface area contributed by atoms with Crippen LogP contribution in [0.25, 0.3) is 0 Å². The summed E-state index contributed by atoms with van der Waals surface area (Å²) in [6.07, 6.45) is 5.00. The van der Waals surface area contributed by atoms with E-state index in [0.29, 0.717) is 19.6 Å². The minimum Gasteiger partial charge on any atom is -0.309 e. The summed E-state index contributed by atoms with van der Waals surface area (Å²) in [6.45, 7) is 2.03. The molecular weight excluding hydrogens is 216 g/mol. The molecule has 0 aliphatic heterocycles.